The lowest BCUT2D eigenvalue weighted by Crippen LogP contribution is -2.07. The van der Waals surface area contributed by atoms with E-state index in [9.17, 15) is 9.50 Å². The van der Waals surface area contributed by atoms with E-state index in [1.165, 1.54) is 12.1 Å². The lowest BCUT2D eigenvalue weighted by molar-refractivity contribution is 0.151. The minimum Gasteiger partial charge on any atom is -0.388 e. The van der Waals surface area contributed by atoms with Gasteiger partial charge in [-0.2, -0.15) is 5.10 Å². The topological polar surface area (TPSA) is 38.0 Å². The average molecular weight is 296 g/mol. The van der Waals surface area contributed by atoms with Crippen LogP contribution in [-0.4, -0.2) is 14.9 Å². The maximum atomic E-state index is 13.3. The van der Waals surface area contributed by atoms with E-state index in [1.807, 2.05) is 43.5 Å². The van der Waals surface area contributed by atoms with Gasteiger partial charge < -0.3 is 5.11 Å². The van der Waals surface area contributed by atoms with E-state index < -0.39 is 6.10 Å². The molecule has 22 heavy (non-hydrogen) atoms. The van der Waals surface area contributed by atoms with Gasteiger partial charge in [-0.3, -0.25) is 0 Å². The van der Waals surface area contributed by atoms with Gasteiger partial charge in [0, 0.05) is 12.1 Å². The van der Waals surface area contributed by atoms with Crippen molar-refractivity contribution >= 4 is 0 Å². The fourth-order valence-electron chi connectivity index (χ4n) is 2.45. The van der Waals surface area contributed by atoms with Crippen LogP contribution in [0.25, 0.3) is 5.69 Å². The van der Waals surface area contributed by atoms with Crippen LogP contribution in [0.1, 0.15) is 30.1 Å². The Kier molecular flexibility index (Phi) is 4.02. The van der Waals surface area contributed by atoms with Crippen LogP contribution < -0.4 is 0 Å². The number of aliphatic hydroxyl groups is 1. The van der Waals surface area contributed by atoms with Crippen molar-refractivity contribution in [1.82, 2.24) is 9.78 Å². The van der Waals surface area contributed by atoms with Crippen molar-refractivity contribution in [3.63, 3.8) is 0 Å². The Morgan fingerprint density at radius 3 is 2.55 bits per heavy atom. The van der Waals surface area contributed by atoms with Gasteiger partial charge in [0.05, 0.1) is 18.0 Å². The number of aromatic nitrogens is 2. The molecule has 0 saturated carbocycles. The zero-order valence-corrected chi connectivity index (χ0v) is 12.2. The average Bonchev–Trinajstić information content (AvgIpc) is 3.04. The largest absolute Gasteiger partial charge is 0.388 e. The van der Waals surface area contributed by atoms with Gasteiger partial charge in [-0.05, 0) is 29.3 Å². The fourth-order valence-corrected chi connectivity index (χ4v) is 2.45. The van der Waals surface area contributed by atoms with Gasteiger partial charge in [0.15, 0.2) is 0 Å². The molecule has 1 N–H and O–H groups in total. The molecule has 2 aromatic carbocycles. The number of nitrogens with zero attached hydrogens (tertiary/aromatic N) is 2. The molecule has 2 atom stereocenters. The molecule has 0 saturated heterocycles. The number of hydrogen-bond acceptors (Lipinski definition) is 2. The minimum atomic E-state index is -0.605. The summed E-state index contributed by atoms with van der Waals surface area (Å²) < 4.78 is 14.9. The lowest BCUT2D eigenvalue weighted by atomic mass is 9.93. The summed E-state index contributed by atoms with van der Waals surface area (Å²) in [6, 6.07) is 15.8. The first-order valence-corrected chi connectivity index (χ1v) is 7.18. The molecule has 4 heteroatoms. The summed E-state index contributed by atoms with van der Waals surface area (Å²) in [4.78, 5) is 0. The van der Waals surface area contributed by atoms with Gasteiger partial charge in [-0.25, -0.2) is 9.07 Å². The van der Waals surface area contributed by atoms with Crippen LogP contribution in [0.5, 0.6) is 0 Å². The Labute approximate surface area is 128 Å². The van der Waals surface area contributed by atoms with Crippen LogP contribution in [0.3, 0.4) is 0 Å². The predicted molar refractivity (Wildman–Crippen MR) is 83.3 cm³/mol. The summed E-state index contributed by atoms with van der Waals surface area (Å²) in [6.07, 6.45) is 2.93. The van der Waals surface area contributed by atoms with Crippen molar-refractivity contribution in [3.05, 3.63) is 83.9 Å². The SMILES string of the molecule is C[C@H](c1cnn(-c2cccc(F)c2)c1)[C@@H](O)c1ccccc1. The van der Waals surface area contributed by atoms with Crippen molar-refractivity contribution in [2.24, 2.45) is 0 Å². The van der Waals surface area contributed by atoms with E-state index >= 15 is 0 Å². The molecule has 0 aliphatic heterocycles. The maximum absolute atomic E-state index is 13.3. The Hall–Kier alpha value is -2.46. The first kappa shape index (κ1) is 14.5. The lowest BCUT2D eigenvalue weighted by Gasteiger charge is -2.17. The van der Waals surface area contributed by atoms with Gasteiger partial charge in [0.1, 0.15) is 5.82 Å². The second-order valence-electron chi connectivity index (χ2n) is 5.34. The van der Waals surface area contributed by atoms with Gasteiger partial charge in [-0.15, -0.1) is 0 Å². The standard InChI is InChI=1S/C18H17FN2O/c1-13(18(22)14-6-3-2-4-7-14)15-11-20-21(12-15)17-9-5-8-16(19)10-17/h2-13,18,22H,1H3/t13-,18-/m1/s1. The highest BCUT2D eigenvalue weighted by molar-refractivity contribution is 5.33. The molecular weight excluding hydrogens is 279 g/mol. The molecule has 0 fully saturated rings. The molecule has 3 aromatic rings. The zero-order valence-electron chi connectivity index (χ0n) is 12.2. The first-order chi connectivity index (χ1) is 10.6. The highest BCUT2D eigenvalue weighted by Crippen LogP contribution is 2.30. The second-order valence-corrected chi connectivity index (χ2v) is 5.34. The summed E-state index contributed by atoms with van der Waals surface area (Å²) in [5.74, 6) is -0.406. The van der Waals surface area contributed by atoms with E-state index in [0.29, 0.717) is 5.69 Å². The van der Waals surface area contributed by atoms with E-state index in [4.69, 9.17) is 0 Å². The smallest absolute Gasteiger partial charge is 0.125 e. The van der Waals surface area contributed by atoms with E-state index in [-0.39, 0.29) is 11.7 Å². The van der Waals surface area contributed by atoms with E-state index in [0.717, 1.165) is 11.1 Å². The van der Waals surface area contributed by atoms with Crippen molar-refractivity contribution < 1.29 is 9.50 Å². The number of rotatable bonds is 4. The van der Waals surface area contributed by atoms with Gasteiger partial charge in [0.25, 0.3) is 0 Å². The number of benzene rings is 2. The van der Waals surface area contributed by atoms with Crippen LogP contribution in [0, 0.1) is 5.82 Å². The van der Waals surface area contributed by atoms with Crippen molar-refractivity contribution in [3.8, 4) is 5.69 Å². The van der Waals surface area contributed by atoms with Crippen LogP contribution in [0.2, 0.25) is 0 Å². The Balaban J connectivity index is 1.84. The number of aliphatic hydroxyl groups excluding tert-OH is 1. The van der Waals surface area contributed by atoms with Gasteiger partial charge in [-0.1, -0.05) is 43.3 Å². The first-order valence-electron chi connectivity index (χ1n) is 7.18. The van der Waals surface area contributed by atoms with E-state index in [2.05, 4.69) is 5.10 Å². The Bertz CT molecular complexity index is 755. The molecule has 3 nitrogen and oxygen atoms in total. The maximum Gasteiger partial charge on any atom is 0.125 e. The quantitative estimate of drug-likeness (QED) is 0.794. The third-order valence-corrected chi connectivity index (χ3v) is 3.82. The third-order valence-electron chi connectivity index (χ3n) is 3.82. The van der Waals surface area contributed by atoms with Crippen molar-refractivity contribution in [2.75, 3.05) is 0 Å². The highest BCUT2D eigenvalue weighted by atomic mass is 19.1. The number of halogens is 1. The predicted octanol–water partition coefficient (Wildman–Crippen LogP) is 3.85. The molecule has 3 rings (SSSR count). The molecule has 112 valence electrons. The summed E-state index contributed by atoms with van der Waals surface area (Å²) in [7, 11) is 0. The summed E-state index contributed by atoms with van der Waals surface area (Å²) >= 11 is 0. The third kappa shape index (κ3) is 2.92. The van der Waals surface area contributed by atoms with Crippen molar-refractivity contribution in [2.45, 2.75) is 18.9 Å². The molecule has 0 unspecified atom stereocenters. The molecule has 0 spiro atoms. The van der Waals surface area contributed by atoms with E-state index in [1.54, 1.807) is 23.0 Å². The zero-order chi connectivity index (χ0) is 15.5. The summed E-state index contributed by atoms with van der Waals surface area (Å²) in [6.45, 7) is 1.95. The van der Waals surface area contributed by atoms with Crippen LogP contribution in [0.4, 0.5) is 4.39 Å². The second kappa shape index (κ2) is 6.12. The highest BCUT2D eigenvalue weighted by Gasteiger charge is 2.19. The Morgan fingerprint density at radius 2 is 1.82 bits per heavy atom. The summed E-state index contributed by atoms with van der Waals surface area (Å²) in [5.41, 5.74) is 2.43. The monoisotopic (exact) mass is 296 g/mol. The molecule has 0 radical (unpaired) electrons. The molecule has 1 heterocycles. The molecule has 0 aliphatic rings. The molecule has 1 aromatic heterocycles. The van der Waals surface area contributed by atoms with Crippen LogP contribution >= 0.6 is 0 Å². The molecule has 0 aliphatic carbocycles. The van der Waals surface area contributed by atoms with Crippen molar-refractivity contribution in [1.29, 1.82) is 0 Å². The summed E-state index contributed by atoms with van der Waals surface area (Å²) in [5, 5.41) is 14.7. The van der Waals surface area contributed by atoms with Gasteiger partial charge in [0.2, 0.25) is 0 Å². The fraction of sp³-hybridized carbons (Fsp3) is 0.167. The minimum absolute atomic E-state index is 0.107. The number of hydrogen-bond donors (Lipinski definition) is 1. The molecule has 0 amide bonds. The Morgan fingerprint density at radius 1 is 1.05 bits per heavy atom. The molecular formula is C18H17FN2O. The van der Waals surface area contributed by atoms with Crippen LogP contribution in [0.15, 0.2) is 67.0 Å². The molecule has 0 bridgehead atoms. The van der Waals surface area contributed by atoms with Crippen LogP contribution in [-0.2, 0) is 0 Å². The van der Waals surface area contributed by atoms with Gasteiger partial charge >= 0.3 is 0 Å². The normalized spacial score (nSPS) is 13.8.